The van der Waals surface area contributed by atoms with Gasteiger partial charge in [0.15, 0.2) is 0 Å². The van der Waals surface area contributed by atoms with Crippen LogP contribution in [0.25, 0.3) is 0 Å². The van der Waals surface area contributed by atoms with Gasteiger partial charge < -0.3 is 9.64 Å². The molecule has 0 aliphatic rings. The molecule has 0 saturated carbocycles. The van der Waals surface area contributed by atoms with Crippen LogP contribution in [0.4, 0.5) is 0 Å². The zero-order valence-corrected chi connectivity index (χ0v) is 12.1. The van der Waals surface area contributed by atoms with Crippen LogP contribution in [0, 0.1) is 0 Å². The topological polar surface area (TPSA) is 29.5 Å². The zero-order chi connectivity index (χ0) is 13.4. The van der Waals surface area contributed by atoms with Crippen LogP contribution in [0.2, 0.25) is 0 Å². The fourth-order valence-corrected chi connectivity index (χ4v) is 1.91. The number of hydrogen-bond donors (Lipinski definition) is 0. The Hall–Kier alpha value is -1.16. The Bertz CT molecular complexity index is 356. The summed E-state index contributed by atoms with van der Waals surface area (Å²) < 4.78 is 5.58. The number of carbonyl (C=O) groups excluding carboxylic acids is 1. The number of rotatable bonds is 7. The summed E-state index contributed by atoms with van der Waals surface area (Å²) in [5.41, 5.74) is 0. The molecular formula is C14H21NO2S. The highest BCUT2D eigenvalue weighted by Gasteiger charge is 2.15. The van der Waals surface area contributed by atoms with Crippen molar-refractivity contribution in [3.8, 4) is 5.75 Å². The average molecular weight is 267 g/mol. The van der Waals surface area contributed by atoms with Gasteiger partial charge in [-0.3, -0.25) is 4.79 Å². The maximum atomic E-state index is 11.8. The molecule has 18 heavy (non-hydrogen) atoms. The number of thioether (sulfide) groups is 1. The molecule has 0 fully saturated rings. The SMILES string of the molecule is CS[C@@H](C)C(=O)N(C)CCCOc1ccccc1. The van der Waals surface area contributed by atoms with E-state index in [4.69, 9.17) is 4.74 Å². The first kappa shape index (κ1) is 14.9. The normalized spacial score (nSPS) is 11.9. The Kier molecular flexibility index (Phi) is 6.65. The summed E-state index contributed by atoms with van der Waals surface area (Å²) in [5.74, 6) is 1.06. The van der Waals surface area contributed by atoms with Gasteiger partial charge in [0.2, 0.25) is 5.91 Å². The second-order valence-corrected chi connectivity index (χ2v) is 5.33. The predicted molar refractivity (Wildman–Crippen MR) is 77.2 cm³/mol. The van der Waals surface area contributed by atoms with Crippen LogP contribution in [0.1, 0.15) is 13.3 Å². The summed E-state index contributed by atoms with van der Waals surface area (Å²) in [6, 6.07) is 9.73. The molecule has 0 spiro atoms. The summed E-state index contributed by atoms with van der Waals surface area (Å²) in [4.78, 5) is 13.6. The molecule has 0 aliphatic carbocycles. The van der Waals surface area contributed by atoms with Crippen molar-refractivity contribution in [3.05, 3.63) is 30.3 Å². The maximum absolute atomic E-state index is 11.8. The largest absolute Gasteiger partial charge is 0.494 e. The smallest absolute Gasteiger partial charge is 0.235 e. The van der Waals surface area contributed by atoms with E-state index >= 15 is 0 Å². The summed E-state index contributed by atoms with van der Waals surface area (Å²) >= 11 is 1.57. The zero-order valence-electron chi connectivity index (χ0n) is 11.3. The molecule has 100 valence electrons. The van der Waals surface area contributed by atoms with Crippen LogP contribution in [0.3, 0.4) is 0 Å². The highest BCUT2D eigenvalue weighted by Crippen LogP contribution is 2.10. The van der Waals surface area contributed by atoms with Crippen molar-refractivity contribution < 1.29 is 9.53 Å². The van der Waals surface area contributed by atoms with Gasteiger partial charge in [0, 0.05) is 13.6 Å². The maximum Gasteiger partial charge on any atom is 0.235 e. The molecule has 1 amide bonds. The number of hydrogen-bond acceptors (Lipinski definition) is 3. The van der Waals surface area contributed by atoms with Gasteiger partial charge in [-0.25, -0.2) is 0 Å². The summed E-state index contributed by atoms with van der Waals surface area (Å²) in [6.07, 6.45) is 2.80. The van der Waals surface area contributed by atoms with Gasteiger partial charge in [-0.15, -0.1) is 0 Å². The summed E-state index contributed by atoms with van der Waals surface area (Å²) in [5, 5.41) is 0.0324. The molecule has 3 nitrogen and oxygen atoms in total. The van der Waals surface area contributed by atoms with Crippen molar-refractivity contribution in [2.75, 3.05) is 26.5 Å². The van der Waals surface area contributed by atoms with Crippen LogP contribution in [0.15, 0.2) is 30.3 Å². The lowest BCUT2D eigenvalue weighted by Crippen LogP contribution is -2.34. The Morgan fingerprint density at radius 2 is 2.06 bits per heavy atom. The molecule has 1 rings (SSSR count). The molecule has 0 radical (unpaired) electrons. The summed E-state index contributed by atoms with van der Waals surface area (Å²) in [7, 11) is 1.84. The van der Waals surface area contributed by atoms with E-state index in [1.807, 2.05) is 50.6 Å². The van der Waals surface area contributed by atoms with Crippen molar-refractivity contribution in [2.24, 2.45) is 0 Å². The third-order valence-corrected chi connectivity index (χ3v) is 3.64. The molecule has 0 heterocycles. The van der Waals surface area contributed by atoms with Crippen LogP contribution in [0.5, 0.6) is 5.75 Å². The van der Waals surface area contributed by atoms with E-state index in [2.05, 4.69) is 0 Å². The van der Waals surface area contributed by atoms with E-state index in [1.54, 1.807) is 16.7 Å². The second kappa shape index (κ2) is 8.03. The number of para-hydroxylation sites is 1. The third kappa shape index (κ3) is 5.00. The van der Waals surface area contributed by atoms with Gasteiger partial charge >= 0.3 is 0 Å². The molecule has 0 saturated heterocycles. The minimum Gasteiger partial charge on any atom is -0.494 e. The van der Waals surface area contributed by atoms with Gasteiger partial charge in [-0.05, 0) is 31.7 Å². The van der Waals surface area contributed by atoms with Crippen molar-refractivity contribution >= 4 is 17.7 Å². The van der Waals surface area contributed by atoms with Gasteiger partial charge in [0.25, 0.3) is 0 Å². The molecule has 1 aromatic carbocycles. The minimum atomic E-state index is 0.0324. The van der Waals surface area contributed by atoms with Crippen LogP contribution < -0.4 is 4.74 Å². The monoisotopic (exact) mass is 267 g/mol. The molecule has 0 aromatic heterocycles. The molecule has 0 unspecified atom stereocenters. The summed E-state index contributed by atoms with van der Waals surface area (Å²) in [6.45, 7) is 3.30. The Morgan fingerprint density at radius 3 is 2.67 bits per heavy atom. The van der Waals surface area contributed by atoms with Gasteiger partial charge in [-0.2, -0.15) is 11.8 Å². The molecule has 0 N–H and O–H groups in total. The standard InChI is InChI=1S/C14H21NO2S/c1-12(18-3)14(16)15(2)10-7-11-17-13-8-5-4-6-9-13/h4-6,8-9,12H,7,10-11H2,1-3H3/t12-/m0/s1. The van der Waals surface area contributed by atoms with Gasteiger partial charge in [-0.1, -0.05) is 18.2 Å². The van der Waals surface area contributed by atoms with Crippen molar-refractivity contribution in [1.29, 1.82) is 0 Å². The van der Waals surface area contributed by atoms with Gasteiger partial charge in [0.05, 0.1) is 11.9 Å². The van der Waals surface area contributed by atoms with E-state index < -0.39 is 0 Å². The molecular weight excluding hydrogens is 246 g/mol. The Labute approximate surface area is 114 Å². The molecule has 0 bridgehead atoms. The van der Waals surface area contributed by atoms with Gasteiger partial charge in [0.1, 0.15) is 5.75 Å². The fourth-order valence-electron chi connectivity index (χ4n) is 1.53. The molecule has 1 aromatic rings. The van der Waals surface area contributed by atoms with E-state index in [0.29, 0.717) is 6.61 Å². The Morgan fingerprint density at radius 1 is 1.39 bits per heavy atom. The lowest BCUT2D eigenvalue weighted by molar-refractivity contribution is -0.129. The van der Waals surface area contributed by atoms with E-state index in [1.165, 1.54) is 0 Å². The van der Waals surface area contributed by atoms with Crippen molar-refractivity contribution in [2.45, 2.75) is 18.6 Å². The fraction of sp³-hybridized carbons (Fsp3) is 0.500. The average Bonchev–Trinajstić information content (AvgIpc) is 2.42. The lowest BCUT2D eigenvalue weighted by atomic mass is 10.3. The molecule has 1 atom stereocenters. The van der Waals surface area contributed by atoms with Crippen molar-refractivity contribution in [1.82, 2.24) is 4.90 Å². The quantitative estimate of drug-likeness (QED) is 0.711. The highest BCUT2D eigenvalue weighted by molar-refractivity contribution is 7.99. The predicted octanol–water partition coefficient (Wildman–Crippen LogP) is 2.67. The third-order valence-electron chi connectivity index (χ3n) is 2.73. The first-order chi connectivity index (χ1) is 8.65. The number of benzene rings is 1. The van der Waals surface area contributed by atoms with Crippen LogP contribution in [-0.2, 0) is 4.79 Å². The second-order valence-electron chi connectivity index (χ2n) is 4.15. The van der Waals surface area contributed by atoms with E-state index in [0.717, 1.165) is 18.7 Å². The van der Waals surface area contributed by atoms with E-state index in [9.17, 15) is 4.79 Å². The van der Waals surface area contributed by atoms with Crippen LogP contribution in [-0.4, -0.2) is 42.5 Å². The minimum absolute atomic E-state index is 0.0324. The number of nitrogens with zero attached hydrogens (tertiary/aromatic N) is 1. The van der Waals surface area contributed by atoms with E-state index in [-0.39, 0.29) is 11.2 Å². The lowest BCUT2D eigenvalue weighted by Gasteiger charge is -2.20. The van der Waals surface area contributed by atoms with Crippen LogP contribution >= 0.6 is 11.8 Å². The molecule has 0 aliphatic heterocycles. The number of amides is 1. The number of ether oxygens (including phenoxy) is 1. The number of carbonyl (C=O) groups is 1. The van der Waals surface area contributed by atoms with Crippen molar-refractivity contribution in [3.63, 3.8) is 0 Å². The Balaban J connectivity index is 2.20. The highest BCUT2D eigenvalue weighted by atomic mass is 32.2. The molecule has 4 heteroatoms. The first-order valence-corrected chi connectivity index (χ1v) is 7.39. The first-order valence-electron chi connectivity index (χ1n) is 6.10.